The van der Waals surface area contributed by atoms with E-state index in [-0.39, 0.29) is 17.8 Å². The fraction of sp³-hybridized carbons (Fsp3) is 0.550. The van der Waals surface area contributed by atoms with Gasteiger partial charge >= 0.3 is 5.97 Å². The number of rotatable bonds is 2. The molecule has 0 aromatic rings. The number of esters is 1. The first kappa shape index (κ1) is 18.7. The Morgan fingerprint density at radius 1 is 1.42 bits per heavy atom. The molecule has 3 atom stereocenters. The minimum Gasteiger partial charge on any atom is -0.462 e. The van der Waals surface area contributed by atoms with E-state index in [1.165, 1.54) is 0 Å². The van der Waals surface area contributed by atoms with Crippen molar-refractivity contribution in [2.24, 2.45) is 11.8 Å². The Morgan fingerprint density at radius 3 is 2.79 bits per heavy atom. The van der Waals surface area contributed by atoms with Gasteiger partial charge in [-0.25, -0.2) is 4.79 Å². The fourth-order valence-corrected chi connectivity index (χ4v) is 3.22. The first-order chi connectivity index (χ1) is 11.1. The summed E-state index contributed by atoms with van der Waals surface area (Å²) in [5.41, 5.74) is -0.223. The molecular formula is C20H28O4. The van der Waals surface area contributed by atoms with Gasteiger partial charge in [-0.2, -0.15) is 0 Å². The molecule has 2 rings (SSSR count). The highest BCUT2D eigenvalue weighted by Gasteiger charge is 2.37. The second kappa shape index (κ2) is 7.08. The van der Waals surface area contributed by atoms with Crippen molar-refractivity contribution in [1.29, 1.82) is 0 Å². The Labute approximate surface area is 144 Å². The molecule has 0 aromatic carbocycles. The van der Waals surface area contributed by atoms with E-state index in [1.54, 1.807) is 39.0 Å². The van der Waals surface area contributed by atoms with Gasteiger partial charge in [0.2, 0.25) is 0 Å². The Hall–Kier alpha value is -1.65. The molecule has 24 heavy (non-hydrogen) atoms. The van der Waals surface area contributed by atoms with Crippen molar-refractivity contribution in [1.82, 2.24) is 0 Å². The molecule has 1 unspecified atom stereocenters. The molecule has 1 aliphatic heterocycles. The predicted octanol–water partition coefficient (Wildman–Crippen LogP) is 3.08. The monoisotopic (exact) mass is 332 g/mol. The van der Waals surface area contributed by atoms with Crippen molar-refractivity contribution in [3.63, 3.8) is 0 Å². The molecule has 1 saturated heterocycles. The van der Waals surface area contributed by atoms with Crippen molar-refractivity contribution in [2.45, 2.75) is 51.2 Å². The number of allylic oxidation sites excluding steroid dienone is 3. The summed E-state index contributed by atoms with van der Waals surface area (Å²) in [4.78, 5) is 12.3. The van der Waals surface area contributed by atoms with Crippen LogP contribution in [0.15, 0.2) is 48.1 Å². The van der Waals surface area contributed by atoms with Crippen LogP contribution in [0.1, 0.15) is 40.0 Å². The highest BCUT2D eigenvalue weighted by atomic mass is 16.5. The number of ether oxygens (including phenoxy) is 1. The summed E-state index contributed by atoms with van der Waals surface area (Å²) in [7, 11) is 0. The zero-order valence-corrected chi connectivity index (χ0v) is 14.8. The lowest BCUT2D eigenvalue weighted by Gasteiger charge is -2.34. The number of carbonyl (C=O) groups is 1. The summed E-state index contributed by atoms with van der Waals surface area (Å²) in [6.45, 7) is 9.63. The number of hydrogen-bond donors (Lipinski definition) is 2. The van der Waals surface area contributed by atoms with E-state index in [4.69, 9.17) is 4.74 Å². The van der Waals surface area contributed by atoms with E-state index in [9.17, 15) is 15.0 Å². The van der Waals surface area contributed by atoms with E-state index in [0.29, 0.717) is 31.4 Å². The minimum atomic E-state index is -0.940. The van der Waals surface area contributed by atoms with Crippen LogP contribution in [0.5, 0.6) is 0 Å². The molecule has 4 heteroatoms. The summed E-state index contributed by atoms with van der Waals surface area (Å²) < 4.78 is 5.35. The van der Waals surface area contributed by atoms with E-state index >= 15 is 0 Å². The van der Waals surface area contributed by atoms with Crippen molar-refractivity contribution < 1.29 is 19.7 Å². The van der Waals surface area contributed by atoms with Gasteiger partial charge in [0.25, 0.3) is 0 Å². The van der Waals surface area contributed by atoms with Crippen LogP contribution in [0.4, 0.5) is 0 Å². The highest BCUT2D eigenvalue weighted by Crippen LogP contribution is 2.39. The van der Waals surface area contributed by atoms with E-state index in [0.717, 1.165) is 5.57 Å². The van der Waals surface area contributed by atoms with Crippen molar-refractivity contribution in [3.05, 3.63) is 48.1 Å². The molecular weight excluding hydrogens is 304 g/mol. The fourth-order valence-electron chi connectivity index (χ4n) is 3.22. The van der Waals surface area contributed by atoms with Gasteiger partial charge in [0.15, 0.2) is 0 Å². The molecule has 0 saturated carbocycles. The smallest absolute Gasteiger partial charge is 0.334 e. The largest absolute Gasteiger partial charge is 0.462 e. The summed E-state index contributed by atoms with van der Waals surface area (Å²) in [6, 6.07) is 0. The normalized spacial score (nSPS) is 35.1. The van der Waals surface area contributed by atoms with Gasteiger partial charge in [0.1, 0.15) is 0 Å². The third kappa shape index (κ3) is 4.92. The number of fused-ring (bicyclic) bond motifs is 1. The van der Waals surface area contributed by atoms with Crippen LogP contribution >= 0.6 is 0 Å². The van der Waals surface area contributed by atoms with Gasteiger partial charge in [-0.15, -0.1) is 0 Å². The SMILES string of the molecule is C=C1C/C=C\[C@@](C)(O)CC[C@@H]2/C(=C\C=C\C(C)(C)O)C(=O)OCC12. The van der Waals surface area contributed by atoms with E-state index < -0.39 is 11.2 Å². The van der Waals surface area contributed by atoms with Crippen LogP contribution in [0, 0.1) is 11.8 Å². The maximum atomic E-state index is 12.3. The van der Waals surface area contributed by atoms with Gasteiger partial charge in [-0.3, -0.25) is 0 Å². The first-order valence-corrected chi connectivity index (χ1v) is 8.46. The van der Waals surface area contributed by atoms with E-state index in [2.05, 4.69) is 6.58 Å². The second-order valence-corrected chi connectivity index (χ2v) is 7.61. The van der Waals surface area contributed by atoms with Crippen LogP contribution < -0.4 is 0 Å². The minimum absolute atomic E-state index is 0.0309. The lowest BCUT2D eigenvalue weighted by molar-refractivity contribution is -0.145. The average Bonchev–Trinajstić information content (AvgIpc) is 2.50. The summed E-state index contributed by atoms with van der Waals surface area (Å²) >= 11 is 0. The Morgan fingerprint density at radius 2 is 2.12 bits per heavy atom. The van der Waals surface area contributed by atoms with Crippen molar-refractivity contribution >= 4 is 5.97 Å². The summed E-state index contributed by atoms with van der Waals surface area (Å²) in [6.07, 6.45) is 10.7. The van der Waals surface area contributed by atoms with Crippen LogP contribution in [0.2, 0.25) is 0 Å². The molecule has 2 aliphatic rings. The lowest BCUT2D eigenvalue weighted by Crippen LogP contribution is -2.35. The van der Waals surface area contributed by atoms with Crippen molar-refractivity contribution in [3.8, 4) is 0 Å². The quantitative estimate of drug-likeness (QED) is 0.463. The lowest BCUT2D eigenvalue weighted by atomic mass is 9.76. The van der Waals surface area contributed by atoms with Crippen LogP contribution in [0.25, 0.3) is 0 Å². The molecule has 2 N–H and O–H groups in total. The topological polar surface area (TPSA) is 66.8 Å². The van der Waals surface area contributed by atoms with Gasteiger partial charge < -0.3 is 14.9 Å². The highest BCUT2D eigenvalue weighted by molar-refractivity contribution is 5.90. The maximum Gasteiger partial charge on any atom is 0.334 e. The zero-order chi connectivity index (χ0) is 18.0. The van der Waals surface area contributed by atoms with Crippen molar-refractivity contribution in [2.75, 3.05) is 6.61 Å². The van der Waals surface area contributed by atoms with Gasteiger partial charge in [-0.05, 0) is 40.0 Å². The third-order valence-corrected chi connectivity index (χ3v) is 4.64. The molecule has 0 amide bonds. The first-order valence-electron chi connectivity index (χ1n) is 8.46. The standard InChI is InChI=1S/C20H28O4/c1-14-7-5-11-20(4,23)12-9-15-16(8-6-10-19(2,3)22)18(21)24-13-17(14)15/h5-6,8,10-11,15,17,22-23H,1,7,9,12-13H2,2-4H3/b10-6+,11-5-,16-8+/t15-,17?,20-/m1/s1. The molecule has 0 bridgehead atoms. The third-order valence-electron chi connectivity index (χ3n) is 4.64. The molecule has 0 radical (unpaired) electrons. The molecule has 132 valence electrons. The Bertz CT molecular complexity index is 587. The number of carbonyl (C=O) groups excluding carboxylic acids is 1. The van der Waals surface area contributed by atoms with Gasteiger partial charge in [0.05, 0.1) is 17.8 Å². The Balaban J connectivity index is 2.32. The molecule has 1 fully saturated rings. The molecule has 0 spiro atoms. The average molecular weight is 332 g/mol. The summed E-state index contributed by atoms with van der Waals surface area (Å²) in [5, 5.41) is 20.2. The number of aliphatic hydroxyl groups is 2. The van der Waals surface area contributed by atoms with E-state index in [1.807, 2.05) is 12.2 Å². The van der Waals surface area contributed by atoms with Crippen LogP contribution in [0.3, 0.4) is 0 Å². The molecule has 1 aliphatic carbocycles. The summed E-state index contributed by atoms with van der Waals surface area (Å²) in [5.74, 6) is -0.295. The second-order valence-electron chi connectivity index (χ2n) is 7.61. The number of cyclic esters (lactones) is 1. The maximum absolute atomic E-state index is 12.3. The Kier molecular flexibility index (Phi) is 5.51. The van der Waals surface area contributed by atoms with Crippen LogP contribution in [-0.4, -0.2) is 34.0 Å². The van der Waals surface area contributed by atoms with Crippen LogP contribution in [-0.2, 0) is 9.53 Å². The van der Waals surface area contributed by atoms with Gasteiger partial charge in [-0.1, -0.05) is 42.5 Å². The molecule has 1 heterocycles. The van der Waals surface area contributed by atoms with Gasteiger partial charge in [0, 0.05) is 17.4 Å². The predicted molar refractivity (Wildman–Crippen MR) is 94.2 cm³/mol. The number of hydrogen-bond acceptors (Lipinski definition) is 4. The molecule has 4 nitrogen and oxygen atoms in total. The molecule has 0 aromatic heterocycles. The zero-order valence-electron chi connectivity index (χ0n) is 14.8.